The van der Waals surface area contributed by atoms with E-state index >= 15 is 0 Å². The first-order valence-electron chi connectivity index (χ1n) is 16.7. The van der Waals surface area contributed by atoms with Gasteiger partial charge in [-0.15, -0.1) is 68.6 Å². The molecule has 0 aromatic heterocycles. The molecule has 244 valence electrons. The summed E-state index contributed by atoms with van der Waals surface area (Å²) in [7, 11) is 11.0. The van der Waals surface area contributed by atoms with Crippen LogP contribution in [-0.4, -0.2) is 9.52 Å². The minimum absolute atomic E-state index is 0.548. The van der Waals surface area contributed by atoms with E-state index in [2.05, 4.69) is 180 Å². The second-order valence-corrected chi connectivity index (χ2v) is 17.4. The zero-order valence-electron chi connectivity index (χ0n) is 29.1. The van der Waals surface area contributed by atoms with Crippen molar-refractivity contribution in [1.82, 2.24) is 0 Å². The maximum atomic E-state index is 4.93. The molecular weight excluding hydrogens is 731 g/mol. The second-order valence-electron chi connectivity index (χ2n) is 12.7. The Balaban J connectivity index is 0.000000175. The Morgan fingerprint density at radius 2 is 1.20 bits per heavy atom. The monoisotopic (exact) mass is 770 g/mol. The summed E-state index contributed by atoms with van der Waals surface area (Å²) in [4.78, 5) is 0. The van der Waals surface area contributed by atoms with Gasteiger partial charge in [-0.3, -0.25) is 0 Å². The van der Waals surface area contributed by atoms with Gasteiger partial charge >= 0.3 is 37.9 Å². The number of hydrogen-bond donors (Lipinski definition) is 0. The summed E-state index contributed by atoms with van der Waals surface area (Å²) in [6, 6.07) is 50.8. The number of fused-ring (bicyclic) bond motifs is 5. The zero-order valence-corrected chi connectivity index (χ0v) is 34.1. The van der Waals surface area contributed by atoms with Crippen molar-refractivity contribution in [2.24, 2.45) is 0 Å². The molecule has 0 aliphatic carbocycles. The van der Waals surface area contributed by atoms with Crippen molar-refractivity contribution in [3.8, 4) is 22.3 Å². The molecule has 0 amide bonds. The molecule has 0 saturated carbocycles. The predicted octanol–water partition coefficient (Wildman–Crippen LogP) is 14.7. The summed E-state index contributed by atoms with van der Waals surface area (Å²) in [6.07, 6.45) is 0. The number of hydrogen-bond acceptors (Lipinski definition) is 0. The summed E-state index contributed by atoms with van der Waals surface area (Å²) in [6.45, 7) is 13.2. The summed E-state index contributed by atoms with van der Waals surface area (Å²) in [5.74, 6) is 0.548. The average molecular weight is 773 g/mol. The number of benzene rings is 6. The van der Waals surface area contributed by atoms with E-state index < -0.39 is 20.8 Å². The Bertz CT molecular complexity index is 2280. The third-order valence-corrected chi connectivity index (χ3v) is 8.85. The first-order valence-corrected chi connectivity index (χ1v) is 25.0. The van der Waals surface area contributed by atoms with E-state index in [0.29, 0.717) is 5.92 Å². The third-order valence-electron chi connectivity index (χ3n) is 8.85. The molecule has 0 fully saturated rings. The van der Waals surface area contributed by atoms with Crippen LogP contribution in [0.5, 0.6) is 0 Å². The van der Waals surface area contributed by atoms with E-state index in [1.807, 2.05) is 0 Å². The number of aryl methyl sites for hydroxylation is 2. The fraction of sp³-hybridized carbons (Fsp3) is 0.156. The molecule has 8 aromatic rings. The van der Waals surface area contributed by atoms with Crippen molar-refractivity contribution in [1.29, 1.82) is 0 Å². The first kappa shape index (κ1) is 37.0. The molecule has 2 radical (unpaired) electrons. The van der Waals surface area contributed by atoms with Gasteiger partial charge in [-0.05, 0) is 38.6 Å². The van der Waals surface area contributed by atoms with Crippen molar-refractivity contribution < 1.29 is 20.8 Å². The van der Waals surface area contributed by atoms with Gasteiger partial charge in [0.05, 0.1) is 0 Å². The van der Waals surface area contributed by atoms with Crippen LogP contribution in [0.3, 0.4) is 0 Å². The second kappa shape index (κ2) is 17.6. The van der Waals surface area contributed by atoms with Crippen molar-refractivity contribution >= 4 is 69.6 Å². The predicted molar refractivity (Wildman–Crippen MR) is 218 cm³/mol. The quantitative estimate of drug-likeness (QED) is 0.0953. The van der Waals surface area contributed by atoms with Crippen LogP contribution in [0, 0.1) is 13.8 Å². The van der Waals surface area contributed by atoms with Gasteiger partial charge in [0, 0.05) is 9.52 Å². The van der Waals surface area contributed by atoms with E-state index in [1.165, 1.54) is 82.0 Å². The van der Waals surface area contributed by atoms with E-state index in [9.17, 15) is 0 Å². The Morgan fingerprint density at radius 3 is 1.92 bits per heavy atom. The summed E-state index contributed by atoms with van der Waals surface area (Å²) >= 11 is -0.826. The van der Waals surface area contributed by atoms with Crippen LogP contribution in [-0.2, 0) is 20.8 Å². The van der Waals surface area contributed by atoms with Crippen LogP contribution in [0.1, 0.15) is 36.5 Å². The van der Waals surface area contributed by atoms with Gasteiger partial charge in [0.1, 0.15) is 0 Å². The molecule has 0 N–H and O–H groups in total. The van der Waals surface area contributed by atoms with Gasteiger partial charge in [0.2, 0.25) is 0 Å². The summed E-state index contributed by atoms with van der Waals surface area (Å²) < 4.78 is 0. The summed E-state index contributed by atoms with van der Waals surface area (Å²) in [5.41, 5.74) is 9.38. The SMILES string of the molecule is CC(C)c1cc2c(-c3cccc4c3ccc3ccccc34)cccc2[cH-]1.C[Si]C.Cc1cc2c(-c3ccccc3)ccc(C)c2[cH-]1.[Cl][Zr+2][Cl]. The van der Waals surface area contributed by atoms with Gasteiger partial charge in [-0.1, -0.05) is 149 Å². The van der Waals surface area contributed by atoms with Crippen molar-refractivity contribution in [3.05, 3.63) is 156 Å². The molecule has 4 heteroatoms. The Labute approximate surface area is 313 Å². The van der Waals surface area contributed by atoms with Gasteiger partial charge in [0.15, 0.2) is 0 Å². The van der Waals surface area contributed by atoms with Crippen LogP contribution in [0.4, 0.5) is 0 Å². The third kappa shape index (κ3) is 8.56. The van der Waals surface area contributed by atoms with Crippen molar-refractivity contribution in [3.63, 3.8) is 0 Å². The minimum atomic E-state index is -0.826. The van der Waals surface area contributed by atoms with E-state index in [0.717, 1.165) is 9.52 Å². The maximum absolute atomic E-state index is 4.93. The summed E-state index contributed by atoms with van der Waals surface area (Å²) in [5, 5.41) is 10.7. The molecule has 8 aromatic carbocycles. The molecule has 49 heavy (non-hydrogen) atoms. The molecule has 0 aliphatic heterocycles. The van der Waals surface area contributed by atoms with Crippen LogP contribution in [0.2, 0.25) is 13.1 Å². The fourth-order valence-corrected chi connectivity index (χ4v) is 6.56. The van der Waals surface area contributed by atoms with Gasteiger partial charge < -0.3 is 0 Å². The first-order chi connectivity index (χ1) is 23.8. The van der Waals surface area contributed by atoms with Crippen LogP contribution in [0.25, 0.3) is 65.3 Å². The van der Waals surface area contributed by atoms with Crippen LogP contribution < -0.4 is 0 Å². The zero-order chi connectivity index (χ0) is 34.9. The van der Waals surface area contributed by atoms with E-state index in [1.54, 1.807) is 0 Å². The van der Waals surface area contributed by atoms with Gasteiger partial charge in [-0.2, -0.15) is 12.1 Å². The molecule has 0 nitrogen and oxygen atoms in total. The molecular formula is C45H42Cl2SiZr. The normalized spacial score (nSPS) is 10.6. The van der Waals surface area contributed by atoms with Crippen LogP contribution in [0.15, 0.2) is 140 Å². The van der Waals surface area contributed by atoms with Gasteiger partial charge in [-0.25, -0.2) is 0 Å². The Kier molecular flexibility index (Phi) is 13.3. The molecule has 0 saturated heterocycles. The molecule has 0 bridgehead atoms. The molecule has 0 atom stereocenters. The van der Waals surface area contributed by atoms with Crippen molar-refractivity contribution in [2.45, 2.75) is 46.7 Å². The van der Waals surface area contributed by atoms with Gasteiger partial charge in [0.25, 0.3) is 0 Å². The van der Waals surface area contributed by atoms with Crippen molar-refractivity contribution in [2.75, 3.05) is 0 Å². The fourth-order valence-electron chi connectivity index (χ4n) is 6.56. The van der Waals surface area contributed by atoms with Crippen LogP contribution >= 0.6 is 17.0 Å². The number of rotatable bonds is 3. The number of halogens is 2. The van der Waals surface area contributed by atoms with E-state index in [4.69, 9.17) is 17.0 Å². The standard InChI is InChI=1S/C26H21.C17H15.C2H6Si.2ClH.Zr/c1-17(2)20-15-19-8-5-10-24(26(19)16-20)23-12-6-11-22-21-9-4-3-7-18(21)13-14-25(22)23;1-12-10-16-13(2)8-9-15(17(16)11-12)14-6-4-3-5-7-14;1-3-2;;;/h3-17H,1-2H3;3-11H,1-2H3;1-2H3;2*1H;/q2*-1;;;;+4/p-2. The van der Waals surface area contributed by atoms with E-state index in [-0.39, 0.29) is 0 Å². The topological polar surface area (TPSA) is 0 Å². The molecule has 0 spiro atoms. The Hall–Kier alpha value is -3.26. The average Bonchev–Trinajstić information content (AvgIpc) is 3.74. The molecule has 0 unspecified atom stereocenters. The molecule has 8 rings (SSSR count). The Morgan fingerprint density at radius 1 is 0.571 bits per heavy atom. The molecule has 0 aliphatic rings. The molecule has 0 heterocycles.